The molecule has 7 nitrogen and oxygen atoms in total. The minimum absolute atomic E-state index is 0.123. The number of nitrogens with one attached hydrogen (secondary N) is 2. The van der Waals surface area contributed by atoms with Gasteiger partial charge in [0.1, 0.15) is 6.04 Å². The fraction of sp³-hybridized carbons (Fsp3) is 0.192. The number of carboxylic acid groups (broad SMARTS) is 1. The number of hydrogen-bond donors (Lipinski definition) is 4. The van der Waals surface area contributed by atoms with Crippen molar-refractivity contribution < 1.29 is 19.5 Å². The van der Waals surface area contributed by atoms with Crippen LogP contribution >= 0.6 is 0 Å². The van der Waals surface area contributed by atoms with Crippen molar-refractivity contribution in [2.45, 2.75) is 18.9 Å². The van der Waals surface area contributed by atoms with E-state index in [-0.39, 0.29) is 18.2 Å². The lowest BCUT2D eigenvalue weighted by atomic mass is 10.0. The first-order valence-electron chi connectivity index (χ1n) is 10.6. The van der Waals surface area contributed by atoms with Gasteiger partial charge >= 0.3 is 5.97 Å². The van der Waals surface area contributed by atoms with Crippen molar-refractivity contribution in [3.8, 4) is 11.1 Å². The molecule has 1 atom stereocenters. The molecule has 0 fully saturated rings. The molecule has 3 rings (SSSR count). The largest absolute Gasteiger partial charge is 0.480 e. The Labute approximate surface area is 192 Å². The van der Waals surface area contributed by atoms with Gasteiger partial charge in [-0.3, -0.25) is 14.4 Å². The van der Waals surface area contributed by atoms with Gasteiger partial charge < -0.3 is 21.5 Å². The third kappa shape index (κ3) is 6.51. The van der Waals surface area contributed by atoms with E-state index in [2.05, 4.69) is 10.6 Å². The van der Waals surface area contributed by atoms with Gasteiger partial charge in [-0.25, -0.2) is 0 Å². The summed E-state index contributed by atoms with van der Waals surface area (Å²) in [5.74, 6) is -1.36. The van der Waals surface area contributed by atoms with Crippen LogP contribution in [-0.4, -0.2) is 42.5 Å². The SMILES string of the molecule is CNC(=O)c1cccc(-c2ccc(CCNC(=O)c3ccc(CC(N)C(=O)O)cc3)cc2)c1. The third-order valence-corrected chi connectivity index (χ3v) is 5.33. The summed E-state index contributed by atoms with van der Waals surface area (Å²) < 4.78 is 0. The number of carbonyl (C=O) groups excluding carboxylic acids is 2. The molecule has 0 radical (unpaired) electrons. The number of nitrogens with two attached hydrogens (primary N) is 1. The van der Waals surface area contributed by atoms with Gasteiger partial charge in [0.2, 0.25) is 0 Å². The predicted octanol–water partition coefficient (Wildman–Crippen LogP) is 2.64. The number of carboxylic acids is 1. The molecule has 0 heterocycles. The van der Waals surface area contributed by atoms with Gasteiger partial charge in [0.15, 0.2) is 0 Å². The summed E-state index contributed by atoms with van der Waals surface area (Å²) in [6.07, 6.45) is 0.888. The maximum absolute atomic E-state index is 12.4. The number of hydrogen-bond acceptors (Lipinski definition) is 4. The molecule has 0 aliphatic carbocycles. The lowest BCUT2D eigenvalue weighted by molar-refractivity contribution is -0.138. The van der Waals surface area contributed by atoms with Crippen LogP contribution in [0.1, 0.15) is 31.8 Å². The first-order chi connectivity index (χ1) is 15.9. The summed E-state index contributed by atoms with van der Waals surface area (Å²) >= 11 is 0. The summed E-state index contributed by atoms with van der Waals surface area (Å²) in [6, 6.07) is 21.3. The summed E-state index contributed by atoms with van der Waals surface area (Å²) in [4.78, 5) is 35.1. The van der Waals surface area contributed by atoms with Crippen LogP contribution in [0.3, 0.4) is 0 Å². The molecule has 0 aliphatic heterocycles. The van der Waals surface area contributed by atoms with Gasteiger partial charge in [-0.05, 0) is 59.4 Å². The Morgan fingerprint density at radius 3 is 2.15 bits per heavy atom. The van der Waals surface area contributed by atoms with Crippen LogP contribution in [0, 0.1) is 0 Å². The lowest BCUT2D eigenvalue weighted by Gasteiger charge is -2.09. The van der Waals surface area contributed by atoms with Crippen LogP contribution < -0.4 is 16.4 Å². The van der Waals surface area contributed by atoms with Crippen LogP contribution in [0.4, 0.5) is 0 Å². The topological polar surface area (TPSA) is 122 Å². The fourth-order valence-corrected chi connectivity index (χ4v) is 3.40. The van der Waals surface area contributed by atoms with E-state index in [0.717, 1.165) is 22.3 Å². The smallest absolute Gasteiger partial charge is 0.320 e. The Hall–Kier alpha value is -3.97. The Bertz CT molecular complexity index is 1130. The second-order valence-electron chi connectivity index (χ2n) is 7.71. The molecule has 170 valence electrons. The van der Waals surface area contributed by atoms with Crippen molar-refractivity contribution >= 4 is 17.8 Å². The number of amides is 2. The molecular weight excluding hydrogens is 418 g/mol. The van der Waals surface area contributed by atoms with Crippen molar-refractivity contribution in [3.63, 3.8) is 0 Å². The number of aliphatic carboxylic acids is 1. The first kappa shape index (κ1) is 23.7. The van der Waals surface area contributed by atoms with Gasteiger partial charge in [-0.2, -0.15) is 0 Å². The molecule has 1 unspecified atom stereocenters. The van der Waals surface area contributed by atoms with Crippen molar-refractivity contribution in [1.29, 1.82) is 0 Å². The molecule has 2 amide bonds. The van der Waals surface area contributed by atoms with Crippen LogP contribution in [0.15, 0.2) is 72.8 Å². The second-order valence-corrected chi connectivity index (χ2v) is 7.71. The first-order valence-corrected chi connectivity index (χ1v) is 10.6. The highest BCUT2D eigenvalue weighted by Crippen LogP contribution is 2.21. The number of carbonyl (C=O) groups is 3. The van der Waals surface area contributed by atoms with E-state index in [1.807, 2.05) is 42.5 Å². The van der Waals surface area contributed by atoms with Gasteiger partial charge in [0.25, 0.3) is 11.8 Å². The number of rotatable bonds is 9. The van der Waals surface area contributed by atoms with Gasteiger partial charge in [0.05, 0.1) is 0 Å². The van der Waals surface area contributed by atoms with E-state index in [0.29, 0.717) is 24.1 Å². The minimum atomic E-state index is -1.05. The molecule has 0 bridgehead atoms. The molecule has 5 N–H and O–H groups in total. The lowest BCUT2D eigenvalue weighted by Crippen LogP contribution is -2.32. The highest BCUT2D eigenvalue weighted by molar-refractivity contribution is 5.95. The molecule has 3 aromatic carbocycles. The molecule has 3 aromatic rings. The van der Waals surface area contributed by atoms with Crippen molar-refractivity contribution in [1.82, 2.24) is 10.6 Å². The Morgan fingerprint density at radius 2 is 1.52 bits per heavy atom. The Morgan fingerprint density at radius 1 is 0.848 bits per heavy atom. The van der Waals surface area contributed by atoms with E-state index in [1.54, 1.807) is 37.4 Å². The molecular formula is C26H27N3O4. The second kappa shape index (κ2) is 11.1. The average Bonchev–Trinajstić information content (AvgIpc) is 2.84. The predicted molar refractivity (Wildman–Crippen MR) is 127 cm³/mol. The zero-order valence-corrected chi connectivity index (χ0v) is 18.4. The van der Waals surface area contributed by atoms with E-state index in [1.165, 1.54) is 0 Å². The van der Waals surface area contributed by atoms with Crippen LogP contribution in [0.5, 0.6) is 0 Å². The maximum Gasteiger partial charge on any atom is 0.320 e. The van der Waals surface area contributed by atoms with Gasteiger partial charge in [-0.1, -0.05) is 48.5 Å². The van der Waals surface area contributed by atoms with Crippen molar-refractivity contribution in [2.24, 2.45) is 5.73 Å². The molecule has 33 heavy (non-hydrogen) atoms. The Balaban J connectivity index is 1.52. The van der Waals surface area contributed by atoms with Crippen molar-refractivity contribution in [2.75, 3.05) is 13.6 Å². The van der Waals surface area contributed by atoms with E-state index in [9.17, 15) is 14.4 Å². The molecule has 0 saturated heterocycles. The highest BCUT2D eigenvalue weighted by atomic mass is 16.4. The summed E-state index contributed by atoms with van der Waals surface area (Å²) in [5, 5.41) is 14.4. The third-order valence-electron chi connectivity index (χ3n) is 5.33. The van der Waals surface area contributed by atoms with Gasteiger partial charge in [0, 0.05) is 24.7 Å². The molecule has 0 spiro atoms. The molecule has 7 heteroatoms. The quantitative estimate of drug-likeness (QED) is 0.403. The normalized spacial score (nSPS) is 11.5. The maximum atomic E-state index is 12.4. The zero-order valence-electron chi connectivity index (χ0n) is 18.4. The minimum Gasteiger partial charge on any atom is -0.480 e. The number of benzene rings is 3. The van der Waals surface area contributed by atoms with Gasteiger partial charge in [-0.15, -0.1) is 0 Å². The molecule has 0 aromatic heterocycles. The summed E-state index contributed by atoms with van der Waals surface area (Å²) in [7, 11) is 1.61. The molecule has 0 saturated carbocycles. The van der Waals surface area contributed by atoms with E-state index < -0.39 is 12.0 Å². The Kier molecular flexibility index (Phi) is 7.94. The van der Waals surface area contributed by atoms with Crippen LogP contribution in [0.2, 0.25) is 0 Å². The average molecular weight is 446 g/mol. The molecule has 0 aliphatic rings. The van der Waals surface area contributed by atoms with E-state index >= 15 is 0 Å². The zero-order chi connectivity index (χ0) is 23.8. The summed E-state index contributed by atoms with van der Waals surface area (Å²) in [6.45, 7) is 0.482. The van der Waals surface area contributed by atoms with Crippen LogP contribution in [-0.2, 0) is 17.6 Å². The standard InChI is InChI=1S/C26H27N3O4/c1-28-24(30)22-4-2-3-21(16-22)19-9-5-17(6-10-19)13-14-29-25(31)20-11-7-18(8-12-20)15-23(27)26(32)33/h2-12,16,23H,13-15,27H2,1H3,(H,28,30)(H,29,31)(H,32,33). The van der Waals surface area contributed by atoms with Crippen LogP contribution in [0.25, 0.3) is 11.1 Å². The fourth-order valence-electron chi connectivity index (χ4n) is 3.40. The van der Waals surface area contributed by atoms with Crippen molar-refractivity contribution in [3.05, 3.63) is 95.1 Å². The highest BCUT2D eigenvalue weighted by Gasteiger charge is 2.13. The summed E-state index contributed by atoms with van der Waals surface area (Å²) in [5.41, 5.74) is 10.5. The monoisotopic (exact) mass is 445 g/mol. The van der Waals surface area contributed by atoms with E-state index in [4.69, 9.17) is 10.8 Å².